The summed E-state index contributed by atoms with van der Waals surface area (Å²) in [6.45, 7) is 0. The van der Waals surface area contributed by atoms with E-state index in [0.717, 1.165) is 22.9 Å². The van der Waals surface area contributed by atoms with Crippen molar-refractivity contribution < 1.29 is 18.9 Å². The summed E-state index contributed by atoms with van der Waals surface area (Å²) in [5.41, 5.74) is 16.4. The molecule has 1 amide bonds. The van der Waals surface area contributed by atoms with Crippen molar-refractivity contribution in [2.75, 3.05) is 11.1 Å². The van der Waals surface area contributed by atoms with Crippen LogP contribution in [0, 0.1) is 17.2 Å². The summed E-state index contributed by atoms with van der Waals surface area (Å²) in [6, 6.07) is 10.9. The molecule has 1 aliphatic rings. The minimum atomic E-state index is -1.05. The molecule has 0 saturated carbocycles. The van der Waals surface area contributed by atoms with Crippen LogP contribution in [0.4, 0.5) is 26.0 Å². The minimum Gasteiger partial charge on any atom is -0.383 e. The number of amidine groups is 1. The fourth-order valence-electron chi connectivity index (χ4n) is 3.23. The first-order valence-electron chi connectivity index (χ1n) is 8.88. The Morgan fingerprint density at radius 2 is 2.03 bits per heavy atom. The van der Waals surface area contributed by atoms with Gasteiger partial charge < -0.3 is 11.1 Å². The molecular formula is C20H16F2N7O+. The third kappa shape index (κ3) is 3.63. The number of benzene rings is 2. The molecule has 0 spiro atoms. The number of fused-ring (bicyclic) bond motifs is 1. The van der Waals surface area contributed by atoms with E-state index >= 15 is 0 Å². The van der Waals surface area contributed by atoms with Gasteiger partial charge in [0.05, 0.1) is 6.42 Å². The van der Waals surface area contributed by atoms with E-state index in [9.17, 15) is 13.6 Å². The van der Waals surface area contributed by atoms with Crippen molar-refractivity contribution in [1.82, 2.24) is 4.98 Å². The van der Waals surface area contributed by atoms with E-state index in [4.69, 9.17) is 11.3 Å². The molecule has 0 saturated heterocycles. The van der Waals surface area contributed by atoms with Crippen LogP contribution in [0.5, 0.6) is 0 Å². The van der Waals surface area contributed by atoms with Crippen LogP contribution in [0.2, 0.25) is 0 Å². The first kappa shape index (κ1) is 19.3. The first-order valence-corrected chi connectivity index (χ1v) is 8.88. The average molecular weight is 408 g/mol. The van der Waals surface area contributed by atoms with Crippen molar-refractivity contribution in [3.8, 4) is 11.1 Å². The molecule has 0 radical (unpaired) electrons. The number of pyridine rings is 1. The van der Waals surface area contributed by atoms with Gasteiger partial charge in [-0.05, 0) is 34.5 Å². The van der Waals surface area contributed by atoms with Crippen molar-refractivity contribution in [1.29, 1.82) is 5.53 Å². The second kappa shape index (κ2) is 7.76. The average Bonchev–Trinajstić information content (AvgIpc) is 3.10. The highest BCUT2D eigenvalue weighted by atomic mass is 19.2. The van der Waals surface area contributed by atoms with Crippen LogP contribution in [0.15, 0.2) is 59.0 Å². The van der Waals surface area contributed by atoms with E-state index in [-0.39, 0.29) is 23.2 Å². The molecule has 0 aliphatic carbocycles. The van der Waals surface area contributed by atoms with Gasteiger partial charge in [0.25, 0.3) is 5.84 Å². The maximum Gasteiger partial charge on any atom is 0.261 e. The molecule has 4 rings (SSSR count). The van der Waals surface area contributed by atoms with E-state index in [1.165, 1.54) is 17.4 Å². The highest BCUT2D eigenvalue weighted by Gasteiger charge is 2.21. The van der Waals surface area contributed by atoms with Gasteiger partial charge in [-0.25, -0.2) is 9.37 Å². The lowest BCUT2D eigenvalue weighted by atomic mass is 10.0. The molecule has 2 heterocycles. The second-order valence-electron chi connectivity index (χ2n) is 6.63. The molecular weight excluding hydrogens is 392 g/mol. The summed E-state index contributed by atoms with van der Waals surface area (Å²) in [6.07, 6.45) is 1.88. The third-order valence-corrected chi connectivity index (χ3v) is 4.69. The quantitative estimate of drug-likeness (QED) is 0.174. The Balaban J connectivity index is 1.74. The number of aromatic nitrogens is 1. The zero-order valence-electron chi connectivity index (χ0n) is 15.5. The largest absolute Gasteiger partial charge is 0.383 e. The minimum absolute atomic E-state index is 0.0517. The lowest BCUT2D eigenvalue weighted by molar-refractivity contribution is -0.445. The van der Waals surface area contributed by atoms with Crippen LogP contribution in [0.1, 0.15) is 11.1 Å². The van der Waals surface area contributed by atoms with E-state index < -0.39 is 11.6 Å². The van der Waals surface area contributed by atoms with Gasteiger partial charge in [-0.15, -0.1) is 0 Å². The van der Waals surface area contributed by atoms with Crippen molar-refractivity contribution in [3.63, 3.8) is 0 Å². The molecule has 0 fully saturated rings. The number of nitrogen functional groups attached to an aromatic ring is 1. The summed E-state index contributed by atoms with van der Waals surface area (Å²) < 4.78 is 27.7. The number of hydrogen-bond donors (Lipinski definition) is 4. The molecule has 0 atom stereocenters. The van der Waals surface area contributed by atoms with Crippen LogP contribution in [-0.2, 0) is 11.2 Å². The number of nitrogens with zero attached hydrogens (tertiary/aromatic N) is 3. The predicted octanol–water partition coefficient (Wildman–Crippen LogP) is 2.69. The smallest absolute Gasteiger partial charge is 0.261 e. The standard InChI is InChI=1S/C20H15F2N7O/c21-14-2-1-3-15(18(14)22)27-20(28-29-24)13-6-12(9-25-19(13)23)10-4-5-11-8-17(30)26-16(11)7-10/h1-7,9H,8H2,(H2,23,25)(H,26,30)(H2,24,27,28)/p+1. The van der Waals surface area contributed by atoms with Gasteiger partial charge in [0.2, 0.25) is 11.7 Å². The fourth-order valence-corrected chi connectivity index (χ4v) is 3.23. The molecule has 1 aromatic heterocycles. The highest BCUT2D eigenvalue weighted by Crippen LogP contribution is 2.30. The molecule has 6 N–H and O–H groups in total. The van der Waals surface area contributed by atoms with Gasteiger partial charge >= 0.3 is 0 Å². The number of carbonyl (C=O) groups is 1. The Labute approximate surface area is 169 Å². The summed E-state index contributed by atoms with van der Waals surface area (Å²) in [5, 5.41) is 10.8. The Hall–Kier alpha value is -4.05. The molecule has 0 bridgehead atoms. The SMILES string of the molecule is N=NN=C([NH2+]c1cccc(F)c1F)c1cc(-c2ccc3c(c2)NC(=O)C3)cnc1N. The van der Waals surface area contributed by atoms with Crippen LogP contribution in [0.3, 0.4) is 0 Å². The molecule has 1 aliphatic heterocycles. The van der Waals surface area contributed by atoms with E-state index in [1.807, 2.05) is 18.2 Å². The predicted molar refractivity (Wildman–Crippen MR) is 106 cm³/mol. The highest BCUT2D eigenvalue weighted by molar-refractivity contribution is 6.00. The van der Waals surface area contributed by atoms with Crippen LogP contribution < -0.4 is 16.4 Å². The zero-order valence-corrected chi connectivity index (χ0v) is 15.5. The van der Waals surface area contributed by atoms with Crippen molar-refractivity contribution >= 4 is 28.9 Å². The number of carbonyl (C=O) groups excluding carboxylic acids is 1. The summed E-state index contributed by atoms with van der Waals surface area (Å²) in [4.78, 5) is 15.8. The van der Waals surface area contributed by atoms with Crippen molar-refractivity contribution in [2.24, 2.45) is 10.3 Å². The summed E-state index contributed by atoms with van der Waals surface area (Å²) in [7, 11) is 0. The number of rotatable bonds is 4. The van der Waals surface area contributed by atoms with Crippen molar-refractivity contribution in [2.45, 2.75) is 6.42 Å². The Bertz CT molecular complexity index is 1210. The number of quaternary nitrogens is 1. The van der Waals surface area contributed by atoms with Crippen LogP contribution in [-0.4, -0.2) is 16.7 Å². The lowest BCUT2D eigenvalue weighted by Crippen LogP contribution is -2.83. The maximum absolute atomic E-state index is 14.1. The molecule has 150 valence electrons. The maximum atomic E-state index is 14.1. The van der Waals surface area contributed by atoms with Gasteiger partial charge in [-0.3, -0.25) is 10.1 Å². The Kier molecular flexibility index (Phi) is 4.98. The van der Waals surface area contributed by atoms with Crippen molar-refractivity contribution in [3.05, 3.63) is 71.4 Å². The first-order chi connectivity index (χ1) is 14.5. The number of amides is 1. The molecule has 10 heteroatoms. The van der Waals surface area contributed by atoms with Gasteiger partial charge in [-0.1, -0.05) is 23.3 Å². The zero-order chi connectivity index (χ0) is 21.3. The lowest BCUT2D eigenvalue weighted by Gasteiger charge is -2.10. The Morgan fingerprint density at radius 3 is 2.83 bits per heavy atom. The second-order valence-corrected chi connectivity index (χ2v) is 6.63. The number of halogens is 2. The number of nitrogens with two attached hydrogens (primary N) is 2. The van der Waals surface area contributed by atoms with E-state index in [0.29, 0.717) is 17.5 Å². The number of hydrogen-bond acceptors (Lipinski definition) is 5. The van der Waals surface area contributed by atoms with E-state index in [2.05, 4.69) is 20.6 Å². The monoisotopic (exact) mass is 408 g/mol. The molecule has 0 unspecified atom stereocenters. The summed E-state index contributed by atoms with van der Waals surface area (Å²) in [5.74, 6) is -1.99. The molecule has 8 nitrogen and oxygen atoms in total. The van der Waals surface area contributed by atoms with E-state index in [1.54, 1.807) is 12.3 Å². The molecule has 2 aromatic carbocycles. The molecule has 3 aromatic rings. The van der Waals surface area contributed by atoms with Crippen LogP contribution in [0.25, 0.3) is 11.1 Å². The number of nitrogens with one attached hydrogen (secondary N) is 2. The normalized spacial score (nSPS) is 13.1. The number of anilines is 2. The molecule has 30 heavy (non-hydrogen) atoms. The van der Waals surface area contributed by atoms with Gasteiger partial charge in [0, 0.05) is 23.5 Å². The third-order valence-electron chi connectivity index (χ3n) is 4.69. The van der Waals surface area contributed by atoms with Gasteiger partial charge in [0.15, 0.2) is 11.5 Å². The fraction of sp³-hybridized carbons (Fsp3) is 0.0500. The topological polar surface area (TPSA) is 133 Å². The van der Waals surface area contributed by atoms with Gasteiger partial charge in [0.1, 0.15) is 11.4 Å². The Morgan fingerprint density at radius 1 is 1.20 bits per heavy atom. The van der Waals surface area contributed by atoms with Crippen LogP contribution >= 0.6 is 0 Å². The van der Waals surface area contributed by atoms with Gasteiger partial charge in [-0.2, -0.15) is 9.92 Å². The summed E-state index contributed by atoms with van der Waals surface area (Å²) >= 11 is 0.